The van der Waals surface area contributed by atoms with Gasteiger partial charge < -0.3 is 4.74 Å². The second-order valence-electron chi connectivity index (χ2n) is 5.42. The molecule has 0 saturated carbocycles. The highest BCUT2D eigenvalue weighted by Crippen LogP contribution is 2.15. The Morgan fingerprint density at radius 2 is 2.04 bits per heavy atom. The fourth-order valence-electron chi connectivity index (χ4n) is 2.24. The molecule has 0 spiro atoms. The van der Waals surface area contributed by atoms with Crippen LogP contribution in [-0.4, -0.2) is 32.6 Å². The SMILES string of the molecule is CCCOc1ccc(/C=C/C(=O)c2cccc(-n3cnnn3)c2)cc1. The van der Waals surface area contributed by atoms with E-state index in [4.69, 9.17) is 4.74 Å². The fourth-order valence-corrected chi connectivity index (χ4v) is 2.24. The van der Waals surface area contributed by atoms with Crippen LogP contribution in [0.1, 0.15) is 29.3 Å². The summed E-state index contributed by atoms with van der Waals surface area (Å²) >= 11 is 0. The van der Waals surface area contributed by atoms with Gasteiger partial charge in [-0.25, -0.2) is 4.68 Å². The molecule has 0 unspecified atom stereocenters. The molecule has 1 heterocycles. The van der Waals surface area contributed by atoms with Gasteiger partial charge in [-0.1, -0.05) is 37.3 Å². The third-order valence-corrected chi connectivity index (χ3v) is 3.52. The lowest BCUT2D eigenvalue weighted by Gasteiger charge is -2.04. The van der Waals surface area contributed by atoms with Crippen molar-refractivity contribution < 1.29 is 9.53 Å². The number of aromatic nitrogens is 4. The van der Waals surface area contributed by atoms with E-state index in [1.54, 1.807) is 30.4 Å². The number of hydrogen-bond donors (Lipinski definition) is 0. The van der Waals surface area contributed by atoms with E-state index in [0.29, 0.717) is 12.2 Å². The molecule has 3 rings (SSSR count). The largest absolute Gasteiger partial charge is 0.494 e. The molecule has 0 N–H and O–H groups in total. The summed E-state index contributed by atoms with van der Waals surface area (Å²) in [6.07, 6.45) is 5.80. The molecule has 3 aromatic rings. The molecule has 0 amide bonds. The first-order chi connectivity index (χ1) is 12.3. The first-order valence-corrected chi connectivity index (χ1v) is 8.05. The Morgan fingerprint density at radius 1 is 1.20 bits per heavy atom. The van der Waals surface area contributed by atoms with Crippen molar-refractivity contribution in [1.82, 2.24) is 20.2 Å². The molecule has 0 bridgehead atoms. The number of nitrogens with zero attached hydrogens (tertiary/aromatic N) is 4. The van der Waals surface area contributed by atoms with Crippen LogP contribution in [0.5, 0.6) is 5.75 Å². The maximum absolute atomic E-state index is 12.4. The number of ketones is 1. The van der Waals surface area contributed by atoms with Crippen molar-refractivity contribution in [1.29, 1.82) is 0 Å². The molecule has 25 heavy (non-hydrogen) atoms. The van der Waals surface area contributed by atoms with Crippen LogP contribution < -0.4 is 4.74 Å². The topological polar surface area (TPSA) is 69.9 Å². The molecule has 6 heteroatoms. The number of carbonyl (C=O) groups is 1. The molecule has 0 fully saturated rings. The first kappa shape index (κ1) is 16.6. The van der Waals surface area contributed by atoms with Crippen LogP contribution in [0.3, 0.4) is 0 Å². The molecule has 2 aromatic carbocycles. The summed E-state index contributed by atoms with van der Waals surface area (Å²) in [4.78, 5) is 12.4. The van der Waals surface area contributed by atoms with Gasteiger partial charge in [0.05, 0.1) is 12.3 Å². The number of hydrogen-bond acceptors (Lipinski definition) is 5. The van der Waals surface area contributed by atoms with Crippen LogP contribution in [0.4, 0.5) is 0 Å². The molecule has 0 radical (unpaired) electrons. The average molecular weight is 334 g/mol. The van der Waals surface area contributed by atoms with Gasteiger partial charge in [0.15, 0.2) is 5.78 Å². The predicted octanol–water partition coefficient (Wildman–Crippen LogP) is 3.35. The average Bonchev–Trinajstić information content (AvgIpc) is 3.20. The Kier molecular flexibility index (Phi) is 5.31. The third-order valence-electron chi connectivity index (χ3n) is 3.52. The number of ether oxygens (including phenoxy) is 1. The Balaban J connectivity index is 1.69. The molecule has 1 aromatic heterocycles. The highest BCUT2D eigenvalue weighted by molar-refractivity contribution is 6.07. The normalized spacial score (nSPS) is 10.9. The number of rotatable bonds is 7. The second kappa shape index (κ2) is 8.01. The van der Waals surface area contributed by atoms with E-state index in [2.05, 4.69) is 22.4 Å². The Labute approximate surface area is 145 Å². The van der Waals surface area contributed by atoms with Crippen LogP contribution in [-0.2, 0) is 0 Å². The minimum absolute atomic E-state index is 0.0822. The molecule has 0 aliphatic heterocycles. The molecule has 0 aliphatic carbocycles. The number of carbonyl (C=O) groups excluding carboxylic acids is 1. The summed E-state index contributed by atoms with van der Waals surface area (Å²) in [5.74, 6) is 0.751. The molecule has 0 saturated heterocycles. The lowest BCUT2D eigenvalue weighted by molar-refractivity contribution is 0.104. The van der Waals surface area contributed by atoms with E-state index in [1.165, 1.54) is 11.0 Å². The number of allylic oxidation sites excluding steroid dienone is 1. The van der Waals surface area contributed by atoms with Crippen molar-refractivity contribution in [3.05, 3.63) is 72.1 Å². The molecular weight excluding hydrogens is 316 g/mol. The van der Waals surface area contributed by atoms with Crippen molar-refractivity contribution in [2.24, 2.45) is 0 Å². The van der Waals surface area contributed by atoms with E-state index in [-0.39, 0.29) is 5.78 Å². The summed E-state index contributed by atoms with van der Waals surface area (Å²) in [5, 5.41) is 11.0. The first-order valence-electron chi connectivity index (χ1n) is 8.05. The quantitative estimate of drug-likeness (QED) is 0.489. The molecule has 126 valence electrons. The van der Waals surface area contributed by atoms with Gasteiger partial charge >= 0.3 is 0 Å². The molecule has 0 aliphatic rings. The van der Waals surface area contributed by atoms with Crippen LogP contribution >= 0.6 is 0 Å². The summed E-state index contributed by atoms with van der Waals surface area (Å²) < 4.78 is 7.05. The Hall–Kier alpha value is -3.28. The summed E-state index contributed by atoms with van der Waals surface area (Å²) in [7, 11) is 0. The maximum Gasteiger partial charge on any atom is 0.185 e. The van der Waals surface area contributed by atoms with Crippen molar-refractivity contribution in [3.8, 4) is 11.4 Å². The van der Waals surface area contributed by atoms with Gasteiger partial charge in [-0.3, -0.25) is 4.79 Å². The van der Waals surface area contributed by atoms with Crippen molar-refractivity contribution >= 4 is 11.9 Å². The minimum Gasteiger partial charge on any atom is -0.494 e. The fraction of sp³-hybridized carbons (Fsp3) is 0.158. The Morgan fingerprint density at radius 3 is 2.76 bits per heavy atom. The van der Waals surface area contributed by atoms with E-state index in [1.807, 2.05) is 30.3 Å². The monoisotopic (exact) mass is 334 g/mol. The van der Waals surface area contributed by atoms with E-state index in [0.717, 1.165) is 23.4 Å². The van der Waals surface area contributed by atoms with Gasteiger partial charge in [0.25, 0.3) is 0 Å². The summed E-state index contributed by atoms with van der Waals surface area (Å²) in [6, 6.07) is 14.8. The highest BCUT2D eigenvalue weighted by atomic mass is 16.5. The minimum atomic E-state index is -0.0822. The van der Waals surface area contributed by atoms with Crippen molar-refractivity contribution in [2.75, 3.05) is 6.61 Å². The van der Waals surface area contributed by atoms with Crippen LogP contribution in [0.2, 0.25) is 0 Å². The third kappa shape index (κ3) is 4.38. The van der Waals surface area contributed by atoms with Crippen LogP contribution in [0.15, 0.2) is 60.9 Å². The zero-order valence-corrected chi connectivity index (χ0v) is 13.9. The standard InChI is InChI=1S/C19H18N4O2/c1-2-12-25-18-9-6-15(7-10-18)8-11-19(24)16-4-3-5-17(13-16)23-14-20-21-22-23/h3-11,13-14H,2,12H2,1H3/b11-8+. The zero-order valence-electron chi connectivity index (χ0n) is 13.9. The molecule has 6 nitrogen and oxygen atoms in total. The lowest BCUT2D eigenvalue weighted by atomic mass is 10.1. The van der Waals surface area contributed by atoms with E-state index >= 15 is 0 Å². The zero-order chi connectivity index (χ0) is 17.5. The van der Waals surface area contributed by atoms with E-state index < -0.39 is 0 Å². The molecular formula is C19H18N4O2. The number of benzene rings is 2. The van der Waals surface area contributed by atoms with Gasteiger partial charge in [0.2, 0.25) is 0 Å². The van der Waals surface area contributed by atoms with Gasteiger partial charge in [-0.05, 0) is 52.8 Å². The highest BCUT2D eigenvalue weighted by Gasteiger charge is 2.05. The van der Waals surface area contributed by atoms with Crippen molar-refractivity contribution in [2.45, 2.75) is 13.3 Å². The van der Waals surface area contributed by atoms with Gasteiger partial charge in [0.1, 0.15) is 12.1 Å². The van der Waals surface area contributed by atoms with Crippen molar-refractivity contribution in [3.63, 3.8) is 0 Å². The summed E-state index contributed by atoms with van der Waals surface area (Å²) in [5.41, 5.74) is 2.25. The lowest BCUT2D eigenvalue weighted by Crippen LogP contribution is -1.99. The van der Waals surface area contributed by atoms with Crippen LogP contribution in [0.25, 0.3) is 11.8 Å². The van der Waals surface area contributed by atoms with Gasteiger partial charge in [-0.2, -0.15) is 0 Å². The smallest absolute Gasteiger partial charge is 0.185 e. The van der Waals surface area contributed by atoms with Gasteiger partial charge in [-0.15, -0.1) is 5.10 Å². The van der Waals surface area contributed by atoms with Crippen LogP contribution in [0, 0.1) is 0 Å². The Bertz CT molecular complexity index is 855. The number of tetrazole rings is 1. The molecule has 0 atom stereocenters. The predicted molar refractivity (Wildman–Crippen MR) is 94.7 cm³/mol. The maximum atomic E-state index is 12.4. The summed E-state index contributed by atoms with van der Waals surface area (Å²) in [6.45, 7) is 2.77. The van der Waals surface area contributed by atoms with E-state index in [9.17, 15) is 4.79 Å². The second-order valence-corrected chi connectivity index (χ2v) is 5.42. The van der Waals surface area contributed by atoms with Gasteiger partial charge in [0, 0.05) is 5.56 Å².